The lowest BCUT2D eigenvalue weighted by atomic mass is 9.95. The Morgan fingerprint density at radius 3 is 2.68 bits per heavy atom. The van der Waals surface area contributed by atoms with Gasteiger partial charge in [0.1, 0.15) is 19.8 Å². The van der Waals surface area contributed by atoms with Crippen LogP contribution in [0.1, 0.15) is 31.8 Å². The Hall–Kier alpha value is -1.62. The molecule has 2 heterocycles. The maximum absolute atomic E-state index is 12.9. The maximum Gasteiger partial charge on any atom is 0.242 e. The van der Waals surface area contributed by atoms with Crippen LogP contribution in [0.2, 0.25) is 10.0 Å². The van der Waals surface area contributed by atoms with Crippen LogP contribution in [0.15, 0.2) is 57.0 Å². The molecular formula is C22H25BCl3N5O2S. The van der Waals surface area contributed by atoms with Crippen LogP contribution in [0.3, 0.4) is 0 Å². The molecule has 1 aliphatic heterocycles. The monoisotopic (exact) mass is 539 g/mol. The molecule has 0 amide bonds. The van der Waals surface area contributed by atoms with Gasteiger partial charge in [0.15, 0.2) is 0 Å². The molecule has 1 aliphatic carbocycles. The van der Waals surface area contributed by atoms with E-state index in [9.17, 15) is 8.42 Å². The number of hydrogen-bond donors (Lipinski definition) is 1. The maximum atomic E-state index is 12.9. The van der Waals surface area contributed by atoms with Crippen molar-refractivity contribution in [2.75, 3.05) is 20.1 Å². The number of nitrogens with zero attached hydrogens (tertiary/aromatic N) is 4. The Labute approximate surface area is 215 Å². The molecule has 0 fully saturated rings. The van der Waals surface area contributed by atoms with E-state index in [2.05, 4.69) is 16.5 Å². The van der Waals surface area contributed by atoms with Gasteiger partial charge in [-0.3, -0.25) is 5.32 Å². The molecule has 0 radical (unpaired) electrons. The predicted molar refractivity (Wildman–Crippen MR) is 141 cm³/mol. The van der Waals surface area contributed by atoms with E-state index in [-0.39, 0.29) is 21.1 Å². The zero-order chi connectivity index (χ0) is 24.5. The van der Waals surface area contributed by atoms with Gasteiger partial charge in [-0.05, 0) is 61.1 Å². The van der Waals surface area contributed by atoms with E-state index in [1.54, 1.807) is 7.05 Å². The molecule has 1 aromatic heterocycles. The standard InChI is InChI=1S/C22H25BCl3N5O2S/c1-30(34(32,33)16-10-14(24)9-15(25)11-16)8-4-7-27-21-12-20(17-5-2-3-6-19(17)26)29-22-18(23)13-28-31(21)22/h3,6,9-11,13,21,27H,2,4-5,7-8,12,23H2,1H3. The number of halogens is 3. The highest BCUT2D eigenvalue weighted by Crippen LogP contribution is 2.31. The Morgan fingerprint density at radius 1 is 1.24 bits per heavy atom. The SMILES string of the molecule is Bc1cnn2c1N=C(C1=C(Cl)C=CCC1)CC2NCCCN(C)S(=O)(=O)c1cc(Cl)cc(Cl)c1. The van der Waals surface area contributed by atoms with Gasteiger partial charge in [-0.25, -0.2) is 22.4 Å². The van der Waals surface area contributed by atoms with Gasteiger partial charge in [-0.2, -0.15) is 5.10 Å². The minimum Gasteiger partial charge on any atom is -0.295 e. The number of aromatic nitrogens is 2. The molecule has 0 saturated heterocycles. The molecule has 4 rings (SSSR count). The van der Waals surface area contributed by atoms with E-state index in [4.69, 9.17) is 39.8 Å². The van der Waals surface area contributed by atoms with E-state index >= 15 is 0 Å². The van der Waals surface area contributed by atoms with Crippen LogP contribution < -0.4 is 10.8 Å². The number of fused-ring (bicyclic) bond motifs is 1. The molecule has 2 aromatic rings. The summed E-state index contributed by atoms with van der Waals surface area (Å²) in [4.78, 5) is 4.94. The largest absolute Gasteiger partial charge is 0.295 e. The smallest absolute Gasteiger partial charge is 0.242 e. The average Bonchev–Trinajstić information content (AvgIpc) is 3.17. The minimum atomic E-state index is -3.69. The van der Waals surface area contributed by atoms with Crippen LogP contribution in [0.25, 0.3) is 0 Å². The van der Waals surface area contributed by atoms with Crippen LogP contribution in [0.4, 0.5) is 5.82 Å². The molecule has 2 aliphatic rings. The van der Waals surface area contributed by atoms with Crippen molar-refractivity contribution in [3.63, 3.8) is 0 Å². The van der Waals surface area contributed by atoms with E-state index in [0.29, 0.717) is 25.9 Å². The molecule has 7 nitrogen and oxygen atoms in total. The number of aliphatic imine (C=N–C) groups is 1. The van der Waals surface area contributed by atoms with Crippen molar-refractivity contribution in [3.8, 4) is 0 Å². The Kier molecular flexibility index (Phi) is 7.91. The highest BCUT2D eigenvalue weighted by molar-refractivity contribution is 7.89. The first kappa shape index (κ1) is 25.5. The van der Waals surface area contributed by atoms with Crippen molar-refractivity contribution in [1.82, 2.24) is 19.4 Å². The Morgan fingerprint density at radius 2 is 1.97 bits per heavy atom. The summed E-state index contributed by atoms with van der Waals surface area (Å²) >= 11 is 18.4. The second-order valence-electron chi connectivity index (χ2n) is 8.38. The third-order valence-electron chi connectivity index (χ3n) is 5.90. The number of nitrogens with one attached hydrogen (secondary N) is 1. The first-order valence-electron chi connectivity index (χ1n) is 11.0. The second-order valence-corrected chi connectivity index (χ2v) is 11.7. The summed E-state index contributed by atoms with van der Waals surface area (Å²) in [5.41, 5.74) is 3.05. The minimum absolute atomic E-state index is 0.0805. The predicted octanol–water partition coefficient (Wildman–Crippen LogP) is 3.57. The molecule has 180 valence electrons. The van der Waals surface area contributed by atoms with E-state index < -0.39 is 10.0 Å². The van der Waals surface area contributed by atoms with Gasteiger partial charge in [0.25, 0.3) is 0 Å². The molecule has 1 unspecified atom stereocenters. The van der Waals surface area contributed by atoms with Gasteiger partial charge < -0.3 is 0 Å². The van der Waals surface area contributed by atoms with Crippen LogP contribution in [0, 0.1) is 0 Å². The summed E-state index contributed by atoms with van der Waals surface area (Å²) in [6.07, 6.45) is 8.80. The van der Waals surface area contributed by atoms with Gasteiger partial charge in [0, 0.05) is 41.3 Å². The second kappa shape index (κ2) is 10.6. The van der Waals surface area contributed by atoms with E-state index in [1.165, 1.54) is 22.5 Å². The third-order valence-corrected chi connectivity index (χ3v) is 8.53. The first-order chi connectivity index (χ1) is 16.2. The highest BCUT2D eigenvalue weighted by Gasteiger charge is 2.27. The van der Waals surface area contributed by atoms with Crippen LogP contribution in [-0.4, -0.2) is 56.2 Å². The van der Waals surface area contributed by atoms with Crippen LogP contribution >= 0.6 is 34.8 Å². The summed E-state index contributed by atoms with van der Waals surface area (Å²) in [7, 11) is -0.153. The topological polar surface area (TPSA) is 79.6 Å². The van der Waals surface area contributed by atoms with Crippen molar-refractivity contribution < 1.29 is 8.42 Å². The number of hydrogen-bond acceptors (Lipinski definition) is 5. The van der Waals surface area contributed by atoms with Gasteiger partial charge in [0.2, 0.25) is 10.0 Å². The van der Waals surface area contributed by atoms with Crippen molar-refractivity contribution >= 4 is 69.7 Å². The van der Waals surface area contributed by atoms with Crippen molar-refractivity contribution in [1.29, 1.82) is 0 Å². The van der Waals surface area contributed by atoms with Crippen LogP contribution in [0.5, 0.6) is 0 Å². The molecule has 1 aromatic carbocycles. The van der Waals surface area contributed by atoms with E-state index in [0.717, 1.165) is 40.4 Å². The zero-order valence-electron chi connectivity index (χ0n) is 18.9. The number of benzene rings is 1. The van der Waals surface area contributed by atoms with Gasteiger partial charge in [-0.1, -0.05) is 40.9 Å². The zero-order valence-corrected chi connectivity index (χ0v) is 22.0. The summed E-state index contributed by atoms with van der Waals surface area (Å²) in [5, 5.41) is 9.31. The summed E-state index contributed by atoms with van der Waals surface area (Å²) in [6.45, 7) is 0.930. The normalized spacial score (nSPS) is 18.4. The summed E-state index contributed by atoms with van der Waals surface area (Å²) in [6, 6.07) is 4.32. The molecule has 1 N–H and O–H groups in total. The molecular weight excluding hydrogens is 516 g/mol. The highest BCUT2D eigenvalue weighted by atomic mass is 35.5. The fourth-order valence-corrected chi connectivity index (χ4v) is 6.30. The van der Waals surface area contributed by atoms with Crippen molar-refractivity contribution in [3.05, 3.63) is 57.2 Å². The Balaban J connectivity index is 1.41. The number of allylic oxidation sites excluding steroid dienone is 4. The van der Waals surface area contributed by atoms with Gasteiger partial charge in [-0.15, -0.1) is 0 Å². The molecule has 1 atom stereocenters. The molecule has 12 heteroatoms. The lowest BCUT2D eigenvalue weighted by Crippen LogP contribution is -2.35. The molecule has 34 heavy (non-hydrogen) atoms. The molecule has 0 spiro atoms. The van der Waals surface area contributed by atoms with Crippen LogP contribution in [-0.2, 0) is 10.0 Å². The quantitative estimate of drug-likeness (QED) is 0.410. The molecule has 0 saturated carbocycles. The Bertz CT molecular complexity index is 1270. The fourth-order valence-electron chi connectivity index (χ4n) is 4.07. The third kappa shape index (κ3) is 5.45. The number of rotatable bonds is 8. The van der Waals surface area contributed by atoms with Gasteiger partial charge in [0.05, 0.1) is 10.6 Å². The lowest BCUT2D eigenvalue weighted by molar-refractivity contribution is 0.365. The lowest BCUT2D eigenvalue weighted by Gasteiger charge is -2.28. The molecule has 0 bridgehead atoms. The summed E-state index contributed by atoms with van der Waals surface area (Å²) in [5.74, 6) is 0.822. The number of sulfonamides is 1. The fraction of sp³-hybridized carbons (Fsp3) is 0.364. The van der Waals surface area contributed by atoms with E-state index in [1.807, 2.05) is 24.8 Å². The average molecular weight is 541 g/mol. The summed E-state index contributed by atoms with van der Waals surface area (Å²) < 4.78 is 29.0. The van der Waals surface area contributed by atoms with Gasteiger partial charge >= 0.3 is 0 Å². The first-order valence-corrected chi connectivity index (χ1v) is 13.6. The van der Waals surface area contributed by atoms with Crippen molar-refractivity contribution in [2.24, 2.45) is 4.99 Å². The van der Waals surface area contributed by atoms with Crippen molar-refractivity contribution in [2.45, 2.75) is 36.7 Å².